The summed E-state index contributed by atoms with van der Waals surface area (Å²) < 4.78 is 0. The van der Waals surface area contributed by atoms with Gasteiger partial charge in [-0.25, -0.2) is 0 Å². The molecule has 0 saturated carbocycles. The van der Waals surface area contributed by atoms with Gasteiger partial charge in [0.2, 0.25) is 0 Å². The minimum Gasteiger partial charge on any atom is -0.300 e. The predicted molar refractivity (Wildman–Crippen MR) is 200 cm³/mol. The number of hydrogen-bond donors (Lipinski definition) is 0. The first-order valence-electron chi connectivity index (χ1n) is 20.2. The van der Waals surface area contributed by atoms with Crippen LogP contribution in [0.1, 0.15) is 194 Å². The molecule has 0 heterocycles. The third-order valence-electron chi connectivity index (χ3n) is 9.98. The molecule has 0 aromatic heterocycles. The van der Waals surface area contributed by atoms with Crippen LogP contribution in [-0.2, 0) is 6.42 Å². The first-order chi connectivity index (χ1) is 21.7. The molecule has 0 bridgehead atoms. The Morgan fingerprint density at radius 3 is 1.20 bits per heavy atom. The maximum atomic E-state index is 3.02. The lowest BCUT2D eigenvalue weighted by atomic mass is 9.92. The zero-order valence-electron chi connectivity index (χ0n) is 30.9. The van der Waals surface area contributed by atoms with E-state index in [9.17, 15) is 0 Å². The fourth-order valence-corrected chi connectivity index (χ4v) is 7.09. The topological polar surface area (TPSA) is 6.48 Å². The second-order valence-electron chi connectivity index (χ2n) is 14.1. The van der Waals surface area contributed by atoms with E-state index in [2.05, 4.69) is 74.8 Å². The van der Waals surface area contributed by atoms with Gasteiger partial charge >= 0.3 is 0 Å². The molecule has 44 heavy (non-hydrogen) atoms. The van der Waals surface area contributed by atoms with E-state index in [1.807, 2.05) is 0 Å². The molecule has 2 unspecified atom stereocenters. The Balaban J connectivity index is 3.23. The molecular weight excluding hydrogens is 532 g/mol. The zero-order valence-corrected chi connectivity index (χ0v) is 30.9. The summed E-state index contributed by atoms with van der Waals surface area (Å²) in [5.41, 5.74) is 1.54. The summed E-state index contributed by atoms with van der Waals surface area (Å²) in [6.07, 6.45) is 34.4. The van der Waals surface area contributed by atoms with E-state index >= 15 is 0 Å². The van der Waals surface area contributed by atoms with Crippen LogP contribution in [-0.4, -0.2) is 48.1 Å². The van der Waals surface area contributed by atoms with Gasteiger partial charge in [-0.1, -0.05) is 181 Å². The van der Waals surface area contributed by atoms with Crippen molar-refractivity contribution in [2.24, 2.45) is 0 Å². The van der Waals surface area contributed by atoms with Crippen molar-refractivity contribution in [2.75, 3.05) is 26.2 Å². The highest BCUT2D eigenvalue weighted by Crippen LogP contribution is 2.24. The third kappa shape index (κ3) is 21.8. The lowest BCUT2D eigenvalue weighted by Gasteiger charge is -2.39. The molecule has 1 rings (SSSR count). The van der Waals surface area contributed by atoms with E-state index < -0.39 is 0 Å². The molecule has 258 valence electrons. The van der Waals surface area contributed by atoms with Gasteiger partial charge in [0, 0.05) is 12.1 Å². The summed E-state index contributed by atoms with van der Waals surface area (Å²) >= 11 is 0. The van der Waals surface area contributed by atoms with Crippen LogP contribution >= 0.6 is 0 Å². The average Bonchev–Trinajstić information content (AvgIpc) is 3.04. The van der Waals surface area contributed by atoms with Crippen LogP contribution in [0.4, 0.5) is 0 Å². The predicted octanol–water partition coefficient (Wildman–Crippen LogP) is 13.0. The van der Waals surface area contributed by atoms with Crippen LogP contribution in [0.2, 0.25) is 0 Å². The van der Waals surface area contributed by atoms with Gasteiger partial charge < -0.3 is 4.90 Å². The molecule has 2 nitrogen and oxygen atoms in total. The van der Waals surface area contributed by atoms with Crippen LogP contribution in [0.3, 0.4) is 0 Å². The molecule has 1 aromatic carbocycles. The van der Waals surface area contributed by atoms with Crippen LogP contribution in [0.25, 0.3) is 0 Å². The lowest BCUT2D eigenvalue weighted by Crippen LogP contribution is -2.45. The Bertz CT molecular complexity index is 664. The van der Waals surface area contributed by atoms with Crippen LogP contribution < -0.4 is 0 Å². The van der Waals surface area contributed by atoms with Crippen molar-refractivity contribution in [3.05, 3.63) is 35.9 Å². The van der Waals surface area contributed by atoms with E-state index in [4.69, 9.17) is 0 Å². The van der Waals surface area contributed by atoms with Crippen LogP contribution in [0.5, 0.6) is 0 Å². The van der Waals surface area contributed by atoms with Crippen LogP contribution in [0, 0.1) is 0 Å². The van der Waals surface area contributed by atoms with Gasteiger partial charge in [0.25, 0.3) is 0 Å². The van der Waals surface area contributed by atoms with Crippen molar-refractivity contribution in [1.82, 2.24) is 9.80 Å². The van der Waals surface area contributed by atoms with Crippen LogP contribution in [0.15, 0.2) is 30.3 Å². The highest BCUT2D eigenvalue weighted by Gasteiger charge is 2.26. The molecule has 0 N–H and O–H groups in total. The minimum absolute atomic E-state index is 0.652. The molecule has 2 atom stereocenters. The Kier molecular flexibility index (Phi) is 28.8. The van der Waals surface area contributed by atoms with E-state index in [-0.39, 0.29) is 0 Å². The van der Waals surface area contributed by atoms with Crippen molar-refractivity contribution in [1.29, 1.82) is 0 Å². The number of rotatable bonds is 33. The maximum Gasteiger partial charge on any atom is 0.0150 e. The fraction of sp³-hybridized carbons (Fsp3) is 0.857. The standard InChI is InChI=1S/C42H80N2/c1-6-11-16-21-22-26-33-41(43(34-27-17-12-7-2)35-28-18-13-8-3)39-42(38-40-31-24-23-25-32-40)44(36-29-19-14-9-4)37-30-20-15-10-5/h23-25,31-32,41-42H,6-22,26-30,33-39H2,1-5H3. The molecule has 0 aliphatic rings. The van der Waals surface area contributed by atoms with Gasteiger partial charge in [-0.05, 0) is 76.7 Å². The van der Waals surface area contributed by atoms with E-state index in [0.717, 1.165) is 6.04 Å². The van der Waals surface area contributed by atoms with Gasteiger partial charge in [-0.15, -0.1) is 0 Å². The molecule has 0 aliphatic carbocycles. The molecule has 0 saturated heterocycles. The molecule has 0 radical (unpaired) electrons. The molecule has 0 aliphatic heterocycles. The summed E-state index contributed by atoms with van der Waals surface area (Å²) in [6.45, 7) is 17.0. The second kappa shape index (κ2) is 30.8. The largest absolute Gasteiger partial charge is 0.300 e. The smallest absolute Gasteiger partial charge is 0.0150 e. The molecule has 0 fully saturated rings. The van der Waals surface area contributed by atoms with E-state index in [0.29, 0.717) is 6.04 Å². The highest BCUT2D eigenvalue weighted by atomic mass is 15.2. The zero-order chi connectivity index (χ0) is 31.9. The summed E-state index contributed by atoms with van der Waals surface area (Å²) in [7, 11) is 0. The quantitative estimate of drug-likeness (QED) is 0.0728. The van der Waals surface area contributed by atoms with Gasteiger partial charge in [0.1, 0.15) is 0 Å². The molecular formula is C42H80N2. The minimum atomic E-state index is 0.652. The van der Waals surface area contributed by atoms with Gasteiger partial charge in [0.15, 0.2) is 0 Å². The summed E-state index contributed by atoms with van der Waals surface area (Å²) in [4.78, 5) is 6.00. The van der Waals surface area contributed by atoms with Crippen molar-refractivity contribution in [3.8, 4) is 0 Å². The number of hydrogen-bond acceptors (Lipinski definition) is 2. The Labute approximate surface area is 278 Å². The number of unbranched alkanes of at least 4 members (excludes halogenated alkanes) is 17. The summed E-state index contributed by atoms with van der Waals surface area (Å²) in [5, 5.41) is 0. The number of nitrogens with zero attached hydrogens (tertiary/aromatic N) is 2. The van der Waals surface area contributed by atoms with Crippen molar-refractivity contribution in [2.45, 2.75) is 207 Å². The first-order valence-corrected chi connectivity index (χ1v) is 20.2. The first kappa shape index (κ1) is 41.2. The summed E-state index contributed by atoms with van der Waals surface area (Å²) in [6, 6.07) is 12.9. The molecule has 0 amide bonds. The SMILES string of the molecule is CCCCCCCCC(CC(Cc1ccccc1)N(CCCCCC)CCCCCC)N(CCCCCC)CCCCCC. The molecule has 0 spiro atoms. The Morgan fingerprint density at radius 1 is 0.409 bits per heavy atom. The fourth-order valence-electron chi connectivity index (χ4n) is 7.09. The Morgan fingerprint density at radius 2 is 0.773 bits per heavy atom. The Hall–Kier alpha value is -0.860. The van der Waals surface area contributed by atoms with E-state index in [1.165, 1.54) is 187 Å². The highest BCUT2D eigenvalue weighted by molar-refractivity contribution is 5.16. The van der Waals surface area contributed by atoms with E-state index in [1.54, 1.807) is 5.56 Å². The van der Waals surface area contributed by atoms with Crippen molar-refractivity contribution >= 4 is 0 Å². The van der Waals surface area contributed by atoms with Crippen molar-refractivity contribution < 1.29 is 0 Å². The monoisotopic (exact) mass is 613 g/mol. The normalized spacial score (nSPS) is 13.2. The second-order valence-corrected chi connectivity index (χ2v) is 14.1. The van der Waals surface area contributed by atoms with Gasteiger partial charge in [-0.2, -0.15) is 0 Å². The van der Waals surface area contributed by atoms with Gasteiger partial charge in [-0.3, -0.25) is 4.90 Å². The third-order valence-corrected chi connectivity index (χ3v) is 9.98. The summed E-state index contributed by atoms with van der Waals surface area (Å²) in [5.74, 6) is 0. The lowest BCUT2D eigenvalue weighted by molar-refractivity contribution is 0.108. The van der Waals surface area contributed by atoms with Gasteiger partial charge in [0.05, 0.1) is 0 Å². The average molecular weight is 613 g/mol. The van der Waals surface area contributed by atoms with Crippen molar-refractivity contribution in [3.63, 3.8) is 0 Å². The molecule has 1 aromatic rings. The maximum absolute atomic E-state index is 3.02. The molecule has 2 heteroatoms. The number of benzene rings is 1.